The number of aliphatic hydroxyl groups excluding tert-OH is 2. The van der Waals surface area contributed by atoms with Crippen LogP contribution in [-0.4, -0.2) is 26.5 Å². The van der Waals surface area contributed by atoms with Gasteiger partial charge in [0.2, 0.25) is 0 Å². The third kappa shape index (κ3) is 3.08. The van der Waals surface area contributed by atoms with Gasteiger partial charge in [0.1, 0.15) is 5.60 Å². The van der Waals surface area contributed by atoms with Crippen LogP contribution in [0.2, 0.25) is 0 Å². The summed E-state index contributed by atoms with van der Waals surface area (Å²) in [6.07, 6.45) is 2.39. The summed E-state index contributed by atoms with van der Waals surface area (Å²) in [5, 5.41) is 18.0. The largest absolute Gasteiger partial charge is 0.443 e. The lowest BCUT2D eigenvalue weighted by Crippen LogP contribution is -2.26. The number of hydrogen-bond donors (Lipinski definition) is 2. The molecule has 0 atom stereocenters. The van der Waals surface area contributed by atoms with E-state index in [9.17, 15) is 4.79 Å². The molecule has 90 valence electrons. The molecule has 16 heavy (non-hydrogen) atoms. The van der Waals surface area contributed by atoms with E-state index in [1.165, 1.54) is 17.0 Å². The summed E-state index contributed by atoms with van der Waals surface area (Å²) in [6, 6.07) is 0. The van der Waals surface area contributed by atoms with Crippen molar-refractivity contribution in [2.45, 2.75) is 39.6 Å². The maximum Gasteiger partial charge on any atom is 0.418 e. The van der Waals surface area contributed by atoms with E-state index in [0.29, 0.717) is 11.1 Å². The number of carbonyl (C=O) groups excluding carboxylic acids is 1. The smallest absolute Gasteiger partial charge is 0.418 e. The van der Waals surface area contributed by atoms with Crippen LogP contribution in [0.4, 0.5) is 4.79 Å². The summed E-state index contributed by atoms with van der Waals surface area (Å²) in [7, 11) is 0. The molecule has 2 N–H and O–H groups in total. The Morgan fingerprint density at radius 1 is 1.25 bits per heavy atom. The molecule has 5 nitrogen and oxygen atoms in total. The zero-order chi connectivity index (χ0) is 12.3. The molecule has 1 aromatic rings. The van der Waals surface area contributed by atoms with E-state index in [1.807, 2.05) is 0 Å². The topological polar surface area (TPSA) is 71.7 Å². The van der Waals surface area contributed by atoms with E-state index >= 15 is 0 Å². The highest BCUT2D eigenvalue weighted by molar-refractivity contribution is 5.71. The van der Waals surface area contributed by atoms with Gasteiger partial charge in [0.05, 0.1) is 13.2 Å². The van der Waals surface area contributed by atoms with Gasteiger partial charge in [0, 0.05) is 23.5 Å². The fourth-order valence-electron chi connectivity index (χ4n) is 1.24. The number of ether oxygens (including phenoxy) is 1. The number of rotatable bonds is 2. The first-order valence-electron chi connectivity index (χ1n) is 5.02. The number of hydrogen-bond acceptors (Lipinski definition) is 4. The summed E-state index contributed by atoms with van der Waals surface area (Å²) in [6.45, 7) is 4.88. The van der Waals surface area contributed by atoms with Gasteiger partial charge in [-0.1, -0.05) is 0 Å². The second-order valence-electron chi connectivity index (χ2n) is 4.51. The van der Waals surface area contributed by atoms with E-state index in [1.54, 1.807) is 20.8 Å². The molecule has 0 aliphatic rings. The molecule has 0 spiro atoms. The molecule has 0 aromatic carbocycles. The van der Waals surface area contributed by atoms with Gasteiger partial charge in [-0.15, -0.1) is 0 Å². The molecule has 0 unspecified atom stereocenters. The van der Waals surface area contributed by atoms with Crippen molar-refractivity contribution in [2.24, 2.45) is 0 Å². The van der Waals surface area contributed by atoms with Crippen LogP contribution in [-0.2, 0) is 18.0 Å². The first kappa shape index (κ1) is 12.7. The van der Waals surface area contributed by atoms with Gasteiger partial charge in [-0.3, -0.25) is 4.57 Å². The Bertz CT molecular complexity index is 354. The van der Waals surface area contributed by atoms with Crippen LogP contribution in [0, 0.1) is 0 Å². The molecule has 0 fully saturated rings. The van der Waals surface area contributed by atoms with Gasteiger partial charge in [-0.25, -0.2) is 4.79 Å². The second kappa shape index (κ2) is 4.67. The highest BCUT2D eigenvalue weighted by Gasteiger charge is 2.18. The van der Waals surface area contributed by atoms with Crippen LogP contribution < -0.4 is 0 Å². The highest BCUT2D eigenvalue weighted by atomic mass is 16.6. The van der Waals surface area contributed by atoms with Crippen LogP contribution in [0.25, 0.3) is 0 Å². The van der Waals surface area contributed by atoms with E-state index in [4.69, 9.17) is 14.9 Å². The number of nitrogens with zero attached hydrogens (tertiary/aromatic N) is 1. The summed E-state index contributed by atoms with van der Waals surface area (Å²) < 4.78 is 6.37. The minimum Gasteiger partial charge on any atom is -0.443 e. The van der Waals surface area contributed by atoms with E-state index in [2.05, 4.69) is 0 Å². The van der Waals surface area contributed by atoms with Crippen LogP contribution >= 0.6 is 0 Å². The van der Waals surface area contributed by atoms with Crippen LogP contribution in [0.5, 0.6) is 0 Å². The third-order valence-electron chi connectivity index (χ3n) is 1.95. The van der Waals surface area contributed by atoms with Crippen LogP contribution in [0.3, 0.4) is 0 Å². The fourth-order valence-corrected chi connectivity index (χ4v) is 1.24. The number of carbonyl (C=O) groups is 1. The van der Waals surface area contributed by atoms with Crippen molar-refractivity contribution in [3.63, 3.8) is 0 Å². The number of aromatic nitrogens is 1. The van der Waals surface area contributed by atoms with Gasteiger partial charge in [-0.05, 0) is 20.8 Å². The third-order valence-corrected chi connectivity index (χ3v) is 1.95. The zero-order valence-electron chi connectivity index (χ0n) is 9.73. The minimum atomic E-state index is -0.569. The highest BCUT2D eigenvalue weighted by Crippen LogP contribution is 2.14. The van der Waals surface area contributed by atoms with Crippen molar-refractivity contribution in [3.8, 4) is 0 Å². The molecule has 0 aliphatic heterocycles. The zero-order valence-corrected chi connectivity index (χ0v) is 9.73. The Balaban J connectivity index is 2.88. The average Bonchev–Trinajstić information content (AvgIpc) is 2.57. The van der Waals surface area contributed by atoms with Crippen molar-refractivity contribution in [2.75, 3.05) is 0 Å². The molecule has 0 saturated carbocycles. The minimum absolute atomic E-state index is 0.217. The fraction of sp³-hybridized carbons (Fsp3) is 0.545. The monoisotopic (exact) mass is 227 g/mol. The summed E-state index contributed by atoms with van der Waals surface area (Å²) in [4.78, 5) is 11.6. The van der Waals surface area contributed by atoms with Crippen molar-refractivity contribution in [1.82, 2.24) is 4.57 Å². The second-order valence-corrected chi connectivity index (χ2v) is 4.51. The van der Waals surface area contributed by atoms with Gasteiger partial charge < -0.3 is 14.9 Å². The van der Waals surface area contributed by atoms with E-state index in [0.717, 1.165) is 0 Å². The Hall–Kier alpha value is -1.33. The maximum absolute atomic E-state index is 11.6. The van der Waals surface area contributed by atoms with E-state index in [-0.39, 0.29) is 13.2 Å². The van der Waals surface area contributed by atoms with Crippen LogP contribution in [0.1, 0.15) is 31.9 Å². The van der Waals surface area contributed by atoms with Gasteiger partial charge in [0.25, 0.3) is 0 Å². The maximum atomic E-state index is 11.6. The van der Waals surface area contributed by atoms with Crippen molar-refractivity contribution >= 4 is 6.09 Å². The lowest BCUT2D eigenvalue weighted by molar-refractivity contribution is 0.0536. The van der Waals surface area contributed by atoms with Crippen molar-refractivity contribution < 1.29 is 19.7 Å². The van der Waals surface area contributed by atoms with Gasteiger partial charge in [0.15, 0.2) is 0 Å². The number of aliphatic hydroxyl groups is 2. The molecule has 1 rings (SSSR count). The Morgan fingerprint density at radius 2 is 1.69 bits per heavy atom. The summed E-state index contributed by atoms with van der Waals surface area (Å²) in [5.74, 6) is 0. The van der Waals surface area contributed by atoms with E-state index < -0.39 is 11.7 Å². The van der Waals surface area contributed by atoms with Crippen molar-refractivity contribution in [3.05, 3.63) is 23.5 Å². The molecule has 0 saturated heterocycles. The van der Waals surface area contributed by atoms with Crippen LogP contribution in [0.15, 0.2) is 12.4 Å². The predicted molar refractivity (Wildman–Crippen MR) is 57.9 cm³/mol. The Labute approximate surface area is 94.3 Å². The molecule has 0 radical (unpaired) electrons. The molecule has 1 heterocycles. The Morgan fingerprint density at radius 3 is 2.00 bits per heavy atom. The molecular formula is C11H17NO4. The Kier molecular flexibility index (Phi) is 3.72. The molecule has 0 bridgehead atoms. The van der Waals surface area contributed by atoms with Gasteiger partial charge >= 0.3 is 6.09 Å². The average molecular weight is 227 g/mol. The molecular weight excluding hydrogens is 210 g/mol. The standard InChI is InChI=1S/C11H17NO4/c1-11(2,3)16-10(15)12-4-8(6-13)9(5-12)7-14/h4-5,13-14H,6-7H2,1-3H3. The normalized spacial score (nSPS) is 11.6. The predicted octanol–water partition coefficient (Wildman–Crippen LogP) is 1.26. The van der Waals surface area contributed by atoms with Crippen molar-refractivity contribution in [1.29, 1.82) is 0 Å². The first-order chi connectivity index (χ1) is 7.37. The molecule has 0 amide bonds. The molecule has 0 aliphatic carbocycles. The lowest BCUT2D eigenvalue weighted by Gasteiger charge is -2.19. The molecule has 1 aromatic heterocycles. The summed E-state index contributed by atoms with van der Waals surface area (Å²) in [5.41, 5.74) is 0.474. The first-order valence-corrected chi connectivity index (χ1v) is 5.02. The summed E-state index contributed by atoms with van der Waals surface area (Å²) >= 11 is 0. The SMILES string of the molecule is CC(C)(C)OC(=O)n1cc(CO)c(CO)c1. The van der Waals surface area contributed by atoms with Gasteiger partial charge in [-0.2, -0.15) is 0 Å². The molecule has 5 heteroatoms. The lowest BCUT2D eigenvalue weighted by atomic mass is 10.2. The quantitative estimate of drug-likeness (QED) is 0.797.